The Labute approximate surface area is 147 Å². The largest absolute Gasteiger partial charge is 0.298 e. The monoisotopic (exact) mass is 334 g/mol. The summed E-state index contributed by atoms with van der Waals surface area (Å²) in [7, 11) is 0. The summed E-state index contributed by atoms with van der Waals surface area (Å²) in [6, 6.07) is 13.4. The van der Waals surface area contributed by atoms with E-state index in [1.165, 1.54) is 37.1 Å². The zero-order chi connectivity index (χ0) is 16.6. The van der Waals surface area contributed by atoms with Crippen LogP contribution in [0, 0.1) is 0 Å². The van der Waals surface area contributed by atoms with E-state index < -0.39 is 0 Å². The molecule has 0 saturated carbocycles. The van der Waals surface area contributed by atoms with Gasteiger partial charge in [-0.3, -0.25) is 9.80 Å². The summed E-state index contributed by atoms with van der Waals surface area (Å²) in [5.41, 5.74) is 4.43. The highest BCUT2D eigenvalue weighted by Crippen LogP contribution is 2.25. The lowest BCUT2D eigenvalue weighted by molar-refractivity contribution is 0.0995. The molecule has 0 N–H and O–H groups in total. The summed E-state index contributed by atoms with van der Waals surface area (Å²) in [5, 5.41) is 12.3. The number of piperazine rings is 1. The van der Waals surface area contributed by atoms with E-state index in [2.05, 4.69) is 55.7 Å². The van der Waals surface area contributed by atoms with Gasteiger partial charge in [0.15, 0.2) is 5.65 Å². The third kappa shape index (κ3) is 2.81. The van der Waals surface area contributed by atoms with Crippen molar-refractivity contribution in [1.29, 1.82) is 0 Å². The molecular formula is C19H22N6. The van der Waals surface area contributed by atoms with Crippen molar-refractivity contribution >= 4 is 5.65 Å². The molecule has 5 rings (SSSR count). The van der Waals surface area contributed by atoms with Crippen LogP contribution in [0.4, 0.5) is 0 Å². The highest BCUT2D eigenvalue weighted by Gasteiger charge is 2.30. The number of fused-ring (bicyclic) bond motifs is 2. The van der Waals surface area contributed by atoms with Crippen LogP contribution in [-0.4, -0.2) is 62.1 Å². The van der Waals surface area contributed by atoms with Crippen LogP contribution in [-0.2, 0) is 6.54 Å². The Morgan fingerprint density at radius 2 is 1.96 bits per heavy atom. The Balaban J connectivity index is 1.47. The first kappa shape index (κ1) is 15.0. The van der Waals surface area contributed by atoms with Gasteiger partial charge in [0.05, 0.1) is 0 Å². The molecule has 0 unspecified atom stereocenters. The van der Waals surface area contributed by atoms with Gasteiger partial charge < -0.3 is 0 Å². The molecule has 6 heteroatoms. The van der Waals surface area contributed by atoms with Crippen molar-refractivity contribution in [1.82, 2.24) is 29.8 Å². The maximum atomic E-state index is 4.25. The van der Waals surface area contributed by atoms with Crippen LogP contribution < -0.4 is 0 Å². The molecule has 0 spiro atoms. The van der Waals surface area contributed by atoms with Crippen LogP contribution >= 0.6 is 0 Å². The van der Waals surface area contributed by atoms with Gasteiger partial charge in [-0.05, 0) is 41.4 Å². The number of hydrogen-bond acceptors (Lipinski definition) is 5. The highest BCUT2D eigenvalue weighted by molar-refractivity contribution is 5.66. The van der Waals surface area contributed by atoms with Gasteiger partial charge in [-0.2, -0.15) is 4.52 Å². The van der Waals surface area contributed by atoms with Crippen molar-refractivity contribution in [3.05, 3.63) is 48.2 Å². The van der Waals surface area contributed by atoms with Crippen LogP contribution in [0.1, 0.15) is 18.4 Å². The maximum Gasteiger partial charge on any atom is 0.183 e. The maximum absolute atomic E-state index is 4.25. The minimum Gasteiger partial charge on any atom is -0.298 e. The first-order valence-corrected chi connectivity index (χ1v) is 9.09. The molecule has 2 aliphatic rings. The first-order chi connectivity index (χ1) is 12.4. The summed E-state index contributed by atoms with van der Waals surface area (Å²) >= 11 is 0. The number of pyridine rings is 1. The van der Waals surface area contributed by atoms with Crippen LogP contribution in [0.25, 0.3) is 16.8 Å². The smallest absolute Gasteiger partial charge is 0.183 e. The fourth-order valence-electron chi connectivity index (χ4n) is 4.26. The molecule has 4 heterocycles. The van der Waals surface area contributed by atoms with Crippen molar-refractivity contribution < 1.29 is 0 Å². The number of aromatic nitrogens is 4. The lowest BCUT2D eigenvalue weighted by Crippen LogP contribution is -2.49. The van der Waals surface area contributed by atoms with Crippen LogP contribution in [0.15, 0.2) is 42.6 Å². The molecule has 0 aliphatic carbocycles. The third-order valence-corrected chi connectivity index (χ3v) is 5.54. The molecule has 2 saturated heterocycles. The molecule has 128 valence electrons. The van der Waals surface area contributed by atoms with Gasteiger partial charge in [-0.1, -0.05) is 30.3 Å². The summed E-state index contributed by atoms with van der Waals surface area (Å²) in [4.78, 5) is 5.20. The van der Waals surface area contributed by atoms with Crippen molar-refractivity contribution in [3.8, 4) is 11.1 Å². The molecule has 2 aromatic heterocycles. The number of hydrogen-bond donors (Lipinski definition) is 0. The molecule has 1 aromatic carbocycles. The Bertz CT molecular complexity index is 874. The Kier molecular flexibility index (Phi) is 3.72. The van der Waals surface area contributed by atoms with E-state index in [-0.39, 0.29) is 0 Å². The normalized spacial score (nSPS) is 21.7. The summed E-state index contributed by atoms with van der Waals surface area (Å²) in [5.74, 6) is 0. The van der Waals surface area contributed by atoms with E-state index in [9.17, 15) is 0 Å². The fourth-order valence-corrected chi connectivity index (χ4v) is 4.26. The Morgan fingerprint density at radius 3 is 2.88 bits per heavy atom. The molecule has 2 aliphatic heterocycles. The molecular weight excluding hydrogens is 312 g/mol. The lowest BCUT2D eigenvalue weighted by Gasteiger charge is -2.37. The molecule has 1 atom stereocenters. The first-order valence-electron chi connectivity index (χ1n) is 9.09. The molecule has 6 nitrogen and oxygen atoms in total. The highest BCUT2D eigenvalue weighted by atomic mass is 15.5. The lowest BCUT2D eigenvalue weighted by atomic mass is 10.0. The average Bonchev–Trinajstić information content (AvgIpc) is 3.31. The van der Waals surface area contributed by atoms with E-state index in [1.807, 2.05) is 16.8 Å². The van der Waals surface area contributed by atoms with Gasteiger partial charge in [-0.15, -0.1) is 5.10 Å². The predicted octanol–water partition coefficient (Wildman–Crippen LogP) is 2.07. The molecule has 25 heavy (non-hydrogen) atoms. The number of nitrogens with zero attached hydrogens (tertiary/aromatic N) is 6. The van der Waals surface area contributed by atoms with Crippen molar-refractivity contribution in [3.63, 3.8) is 0 Å². The Morgan fingerprint density at radius 1 is 1.04 bits per heavy atom. The molecule has 3 aromatic rings. The van der Waals surface area contributed by atoms with E-state index in [1.54, 1.807) is 0 Å². The van der Waals surface area contributed by atoms with Gasteiger partial charge in [0.25, 0.3) is 0 Å². The fraction of sp³-hybridized carbons (Fsp3) is 0.421. The minimum absolute atomic E-state index is 0.734. The topological polar surface area (TPSA) is 49.6 Å². The second kappa shape index (κ2) is 6.20. The van der Waals surface area contributed by atoms with Crippen LogP contribution in [0.3, 0.4) is 0 Å². The number of tetrazole rings is 1. The second-order valence-corrected chi connectivity index (χ2v) is 7.13. The Hall–Kier alpha value is -2.31. The average molecular weight is 334 g/mol. The van der Waals surface area contributed by atoms with Gasteiger partial charge in [0, 0.05) is 49.5 Å². The van der Waals surface area contributed by atoms with E-state index in [0.29, 0.717) is 0 Å². The van der Waals surface area contributed by atoms with E-state index in [0.717, 1.165) is 36.9 Å². The van der Waals surface area contributed by atoms with Crippen molar-refractivity contribution in [2.24, 2.45) is 0 Å². The second-order valence-electron chi connectivity index (χ2n) is 7.13. The van der Waals surface area contributed by atoms with Crippen molar-refractivity contribution in [2.45, 2.75) is 25.4 Å². The SMILES string of the molecule is c1ccc(-c2cc(CN3CCN4CCC[C@H]4C3)c3nnnn3c2)cc1. The van der Waals surface area contributed by atoms with Crippen LogP contribution in [0.2, 0.25) is 0 Å². The zero-order valence-electron chi connectivity index (χ0n) is 14.3. The van der Waals surface area contributed by atoms with Crippen LogP contribution in [0.5, 0.6) is 0 Å². The zero-order valence-corrected chi connectivity index (χ0v) is 14.3. The van der Waals surface area contributed by atoms with E-state index in [4.69, 9.17) is 0 Å². The van der Waals surface area contributed by atoms with Gasteiger partial charge >= 0.3 is 0 Å². The molecule has 0 amide bonds. The summed E-state index contributed by atoms with van der Waals surface area (Å²) in [6.07, 6.45) is 4.70. The summed E-state index contributed by atoms with van der Waals surface area (Å²) in [6.45, 7) is 5.66. The number of benzene rings is 1. The quantitative estimate of drug-likeness (QED) is 0.734. The molecule has 0 radical (unpaired) electrons. The molecule has 2 fully saturated rings. The minimum atomic E-state index is 0.734. The van der Waals surface area contributed by atoms with E-state index >= 15 is 0 Å². The number of rotatable bonds is 3. The molecule has 0 bridgehead atoms. The summed E-state index contributed by atoms with van der Waals surface area (Å²) < 4.78 is 1.81. The third-order valence-electron chi connectivity index (χ3n) is 5.54. The standard InChI is InChI=1S/C19H22N6/c1-2-5-15(6-3-1)16-11-17(19-20-21-22-25(19)13-16)12-23-9-10-24-8-4-7-18(24)14-23/h1-3,5-6,11,13,18H,4,7-10,12,14H2/t18-/m0/s1. The van der Waals surface area contributed by atoms with Crippen molar-refractivity contribution in [2.75, 3.05) is 26.2 Å². The predicted molar refractivity (Wildman–Crippen MR) is 96.1 cm³/mol. The van der Waals surface area contributed by atoms with Gasteiger partial charge in [-0.25, -0.2) is 0 Å². The van der Waals surface area contributed by atoms with Gasteiger partial charge in [0.1, 0.15) is 0 Å². The van der Waals surface area contributed by atoms with Gasteiger partial charge in [0.2, 0.25) is 0 Å².